The number of benzene rings is 3. The third-order valence-corrected chi connectivity index (χ3v) is 8.90. The zero-order chi connectivity index (χ0) is 28.4. The molecule has 0 atom stereocenters. The maximum Gasteiger partial charge on any atom is 0.260 e. The predicted molar refractivity (Wildman–Crippen MR) is 154 cm³/mol. The number of carbonyl (C=O) groups excluding carboxylic acids is 2. The van der Waals surface area contributed by atoms with Crippen molar-refractivity contribution in [1.82, 2.24) is 14.1 Å². The van der Waals surface area contributed by atoms with Gasteiger partial charge in [0.15, 0.2) is 6.61 Å². The van der Waals surface area contributed by atoms with Crippen molar-refractivity contribution in [2.24, 2.45) is 0 Å². The number of para-hydroxylation sites is 1. The summed E-state index contributed by atoms with van der Waals surface area (Å²) in [5, 5.41) is 0. The Kier molecular flexibility index (Phi) is 10.3. The summed E-state index contributed by atoms with van der Waals surface area (Å²) < 4.78 is 33.7. The lowest BCUT2D eigenvalue weighted by Gasteiger charge is -2.39. The van der Waals surface area contributed by atoms with Crippen LogP contribution < -0.4 is 4.74 Å². The minimum atomic E-state index is -3.83. The molecule has 0 aromatic heterocycles. The topological polar surface area (TPSA) is 87.2 Å². The van der Waals surface area contributed by atoms with E-state index in [1.807, 2.05) is 67.6 Å². The normalized spacial score (nSPS) is 14.2. The Hall–Kier alpha value is -3.69. The number of likely N-dealkylation sites (tertiary alicyclic amines) is 1. The Morgan fingerprint density at radius 3 is 2.05 bits per heavy atom. The highest BCUT2D eigenvalue weighted by molar-refractivity contribution is 7.89. The van der Waals surface area contributed by atoms with Gasteiger partial charge in [0, 0.05) is 32.2 Å². The molecule has 2 amide bonds. The summed E-state index contributed by atoms with van der Waals surface area (Å²) >= 11 is 0. The minimum absolute atomic E-state index is 0.0370. The van der Waals surface area contributed by atoms with Crippen LogP contribution in [0.4, 0.5) is 0 Å². The minimum Gasteiger partial charge on any atom is -0.484 e. The quantitative estimate of drug-likeness (QED) is 0.330. The fourth-order valence-corrected chi connectivity index (χ4v) is 6.40. The maximum absolute atomic E-state index is 13.8. The number of nitrogens with zero attached hydrogens (tertiary/aromatic N) is 3. The van der Waals surface area contributed by atoms with Gasteiger partial charge in [0.1, 0.15) is 5.75 Å². The molecule has 1 heterocycles. The molecule has 0 N–H and O–H groups in total. The number of amides is 2. The second-order valence-corrected chi connectivity index (χ2v) is 11.8. The molecule has 8 nitrogen and oxygen atoms in total. The molecule has 3 aromatic carbocycles. The summed E-state index contributed by atoms with van der Waals surface area (Å²) in [5.74, 6) is 0.313. The average molecular weight is 564 g/mol. The average Bonchev–Trinajstić information content (AvgIpc) is 3.00. The van der Waals surface area contributed by atoms with E-state index in [0.717, 1.165) is 5.56 Å². The van der Waals surface area contributed by atoms with Crippen molar-refractivity contribution < 1.29 is 22.7 Å². The van der Waals surface area contributed by atoms with Crippen LogP contribution >= 0.6 is 0 Å². The molecule has 1 aliphatic heterocycles. The van der Waals surface area contributed by atoms with Crippen molar-refractivity contribution in [3.05, 3.63) is 96.6 Å². The van der Waals surface area contributed by atoms with E-state index in [0.29, 0.717) is 44.6 Å². The SMILES string of the molecule is CCCN(CC(=O)N(Cc1ccccc1)C1CCN(C(=O)COc2ccccc2)CC1)S(=O)(=O)c1ccccc1. The fourth-order valence-electron chi connectivity index (χ4n) is 4.90. The molecule has 40 heavy (non-hydrogen) atoms. The van der Waals surface area contributed by atoms with Gasteiger partial charge in [0.25, 0.3) is 5.91 Å². The molecule has 0 spiro atoms. The van der Waals surface area contributed by atoms with E-state index in [-0.39, 0.29) is 42.4 Å². The summed E-state index contributed by atoms with van der Waals surface area (Å²) in [6, 6.07) is 27.0. The van der Waals surface area contributed by atoms with Crippen molar-refractivity contribution >= 4 is 21.8 Å². The number of rotatable bonds is 12. The predicted octanol–water partition coefficient (Wildman–Crippen LogP) is 4.19. The van der Waals surface area contributed by atoms with Crippen molar-refractivity contribution in [3.8, 4) is 5.75 Å². The molecular weight excluding hydrogens is 526 g/mol. The lowest BCUT2D eigenvalue weighted by molar-refractivity contribution is -0.138. The largest absolute Gasteiger partial charge is 0.484 e. The monoisotopic (exact) mass is 563 g/mol. The molecule has 212 valence electrons. The van der Waals surface area contributed by atoms with E-state index in [1.54, 1.807) is 40.1 Å². The highest BCUT2D eigenvalue weighted by Crippen LogP contribution is 2.22. The first-order valence-corrected chi connectivity index (χ1v) is 15.2. The fraction of sp³-hybridized carbons (Fsp3) is 0.355. The zero-order valence-electron chi connectivity index (χ0n) is 22.9. The second-order valence-electron chi connectivity index (χ2n) is 9.87. The van der Waals surface area contributed by atoms with E-state index in [2.05, 4.69) is 0 Å². The first kappa shape index (κ1) is 29.3. The lowest BCUT2D eigenvalue weighted by atomic mass is 10.0. The molecule has 3 aromatic rings. The van der Waals surface area contributed by atoms with Crippen LogP contribution in [0.3, 0.4) is 0 Å². The smallest absolute Gasteiger partial charge is 0.260 e. The van der Waals surface area contributed by atoms with E-state index in [9.17, 15) is 18.0 Å². The zero-order valence-corrected chi connectivity index (χ0v) is 23.7. The summed E-state index contributed by atoms with van der Waals surface area (Å²) in [4.78, 5) is 30.3. The Balaban J connectivity index is 1.45. The van der Waals surface area contributed by atoms with Crippen LogP contribution in [0.5, 0.6) is 5.75 Å². The van der Waals surface area contributed by atoms with Crippen LogP contribution in [-0.4, -0.2) is 73.2 Å². The van der Waals surface area contributed by atoms with Crippen LogP contribution in [0.1, 0.15) is 31.7 Å². The van der Waals surface area contributed by atoms with Crippen molar-refractivity contribution in [2.75, 3.05) is 32.8 Å². The Morgan fingerprint density at radius 2 is 1.45 bits per heavy atom. The molecule has 0 bridgehead atoms. The van der Waals surface area contributed by atoms with Gasteiger partial charge >= 0.3 is 0 Å². The van der Waals surface area contributed by atoms with Gasteiger partial charge in [0.05, 0.1) is 11.4 Å². The molecule has 0 unspecified atom stereocenters. The number of piperidine rings is 1. The van der Waals surface area contributed by atoms with Gasteiger partial charge in [-0.3, -0.25) is 9.59 Å². The Morgan fingerprint density at radius 1 is 0.875 bits per heavy atom. The highest BCUT2D eigenvalue weighted by atomic mass is 32.2. The van der Waals surface area contributed by atoms with Crippen LogP contribution in [0.15, 0.2) is 95.9 Å². The summed E-state index contributed by atoms with van der Waals surface area (Å²) in [5.41, 5.74) is 0.971. The summed E-state index contributed by atoms with van der Waals surface area (Å²) in [6.45, 7) is 3.25. The molecule has 1 aliphatic rings. The Bertz CT molecular complexity index is 1330. The van der Waals surface area contributed by atoms with Gasteiger partial charge in [-0.2, -0.15) is 4.31 Å². The molecule has 1 fully saturated rings. The molecular formula is C31H37N3O5S. The number of hydrogen-bond acceptors (Lipinski definition) is 5. The van der Waals surface area contributed by atoms with Gasteiger partial charge in [-0.05, 0) is 49.1 Å². The summed E-state index contributed by atoms with van der Waals surface area (Å²) in [6.07, 6.45) is 1.80. The second kappa shape index (κ2) is 14.1. The highest BCUT2D eigenvalue weighted by Gasteiger charge is 2.33. The van der Waals surface area contributed by atoms with Gasteiger partial charge in [-0.15, -0.1) is 0 Å². The van der Waals surface area contributed by atoms with Gasteiger partial charge in [-0.25, -0.2) is 8.42 Å². The molecule has 0 saturated carbocycles. The Labute approximate surface area is 237 Å². The number of sulfonamides is 1. The third kappa shape index (κ3) is 7.70. The van der Waals surface area contributed by atoms with E-state index in [1.165, 1.54) is 4.31 Å². The number of hydrogen-bond donors (Lipinski definition) is 0. The standard InChI is InChI=1S/C31H37N3O5S/c1-2-20-33(40(37,38)29-16-10-5-11-17-29)24-30(35)34(23-26-12-6-3-7-13-26)27-18-21-32(22-19-27)31(36)25-39-28-14-8-4-9-15-28/h3-17,27H,2,18-25H2,1H3. The maximum atomic E-state index is 13.8. The lowest BCUT2D eigenvalue weighted by Crippen LogP contribution is -2.51. The summed E-state index contributed by atoms with van der Waals surface area (Å²) in [7, 11) is -3.83. The first-order chi connectivity index (χ1) is 19.4. The van der Waals surface area contributed by atoms with Crippen LogP contribution in [0.25, 0.3) is 0 Å². The van der Waals surface area contributed by atoms with Crippen LogP contribution in [-0.2, 0) is 26.2 Å². The van der Waals surface area contributed by atoms with Crippen molar-refractivity contribution in [1.29, 1.82) is 0 Å². The molecule has 0 radical (unpaired) electrons. The van der Waals surface area contributed by atoms with Gasteiger partial charge in [-0.1, -0.05) is 73.7 Å². The number of ether oxygens (including phenoxy) is 1. The van der Waals surface area contributed by atoms with E-state index in [4.69, 9.17) is 4.74 Å². The van der Waals surface area contributed by atoms with Crippen molar-refractivity contribution in [3.63, 3.8) is 0 Å². The van der Waals surface area contributed by atoms with Crippen molar-refractivity contribution in [2.45, 2.75) is 43.7 Å². The molecule has 0 aliphatic carbocycles. The molecule has 9 heteroatoms. The van der Waals surface area contributed by atoms with Gasteiger partial charge < -0.3 is 14.5 Å². The van der Waals surface area contributed by atoms with E-state index >= 15 is 0 Å². The number of carbonyl (C=O) groups is 2. The van der Waals surface area contributed by atoms with Crippen LogP contribution in [0.2, 0.25) is 0 Å². The van der Waals surface area contributed by atoms with Gasteiger partial charge in [0.2, 0.25) is 15.9 Å². The first-order valence-electron chi connectivity index (χ1n) is 13.7. The molecule has 1 saturated heterocycles. The molecule has 4 rings (SSSR count). The van der Waals surface area contributed by atoms with Crippen LogP contribution in [0, 0.1) is 0 Å². The van der Waals surface area contributed by atoms with E-state index < -0.39 is 10.0 Å². The third-order valence-electron chi connectivity index (χ3n) is 7.05.